The Morgan fingerprint density at radius 3 is 2.00 bits per heavy atom. The Kier molecular flexibility index (Phi) is 9.12. The standard InChI is InChI=1S/C14H19NO.C9H8/c1-4-14(16,11-8-12-15(2)3)13-9-6-5-7-10-13;1-2-6-9-7-4-3-5-8-9/h1,5-7,9-10,16H,8,11-12H2,2-3H3;1,3-5,7-8H,6H2. The summed E-state index contributed by atoms with van der Waals surface area (Å²) in [6, 6.07) is 19.5. The summed E-state index contributed by atoms with van der Waals surface area (Å²) in [7, 11) is 4.02. The molecule has 2 heteroatoms. The molecule has 0 fully saturated rings. The molecule has 0 saturated carbocycles. The SMILES string of the molecule is C#CC(O)(CCCN(C)C)c1ccccc1.C#CCc1ccccc1. The van der Waals surface area contributed by atoms with Crippen molar-refractivity contribution in [1.29, 1.82) is 0 Å². The third-order valence-electron chi connectivity index (χ3n) is 3.78. The van der Waals surface area contributed by atoms with Crippen molar-refractivity contribution in [3.05, 3.63) is 71.8 Å². The van der Waals surface area contributed by atoms with Crippen LogP contribution in [0.5, 0.6) is 0 Å². The first-order chi connectivity index (χ1) is 12.0. The highest BCUT2D eigenvalue weighted by atomic mass is 16.3. The van der Waals surface area contributed by atoms with Crippen LogP contribution >= 0.6 is 0 Å². The van der Waals surface area contributed by atoms with E-state index in [4.69, 9.17) is 12.8 Å². The summed E-state index contributed by atoms with van der Waals surface area (Å²) in [5.74, 6) is 5.09. The average Bonchev–Trinajstić information content (AvgIpc) is 2.64. The highest BCUT2D eigenvalue weighted by Gasteiger charge is 2.25. The molecule has 1 unspecified atom stereocenters. The first-order valence-electron chi connectivity index (χ1n) is 8.39. The van der Waals surface area contributed by atoms with Gasteiger partial charge in [0.15, 0.2) is 5.60 Å². The van der Waals surface area contributed by atoms with Crippen molar-refractivity contribution >= 4 is 0 Å². The maximum absolute atomic E-state index is 10.3. The second-order valence-electron chi connectivity index (χ2n) is 6.14. The molecule has 0 spiro atoms. The number of hydrogen-bond donors (Lipinski definition) is 1. The normalized spacial score (nSPS) is 12.2. The Bertz CT molecular complexity index is 680. The zero-order valence-electron chi connectivity index (χ0n) is 15.2. The van der Waals surface area contributed by atoms with Crippen LogP contribution in [0.4, 0.5) is 0 Å². The topological polar surface area (TPSA) is 23.5 Å². The number of terminal acetylenes is 2. The van der Waals surface area contributed by atoms with Gasteiger partial charge in [-0.3, -0.25) is 0 Å². The molecular formula is C23H27NO. The molecule has 0 aromatic heterocycles. The van der Waals surface area contributed by atoms with Crippen LogP contribution in [0.1, 0.15) is 24.0 Å². The van der Waals surface area contributed by atoms with Gasteiger partial charge in [-0.2, -0.15) is 0 Å². The van der Waals surface area contributed by atoms with Crippen LogP contribution in [-0.4, -0.2) is 30.6 Å². The number of nitrogens with zero attached hydrogens (tertiary/aromatic N) is 1. The van der Waals surface area contributed by atoms with E-state index >= 15 is 0 Å². The minimum absolute atomic E-state index is 0.589. The van der Waals surface area contributed by atoms with E-state index < -0.39 is 5.60 Å². The highest BCUT2D eigenvalue weighted by Crippen LogP contribution is 2.25. The lowest BCUT2D eigenvalue weighted by Gasteiger charge is -2.23. The third kappa shape index (κ3) is 7.73. The largest absolute Gasteiger partial charge is 0.373 e. The molecule has 0 heterocycles. The molecule has 2 rings (SSSR count). The summed E-state index contributed by atoms with van der Waals surface area (Å²) >= 11 is 0. The van der Waals surface area contributed by atoms with E-state index in [2.05, 4.69) is 16.7 Å². The van der Waals surface area contributed by atoms with Gasteiger partial charge in [0.25, 0.3) is 0 Å². The van der Waals surface area contributed by atoms with Gasteiger partial charge in [0.2, 0.25) is 0 Å². The summed E-state index contributed by atoms with van der Waals surface area (Å²) in [4.78, 5) is 2.09. The summed E-state index contributed by atoms with van der Waals surface area (Å²) in [6.07, 6.45) is 12.8. The third-order valence-corrected chi connectivity index (χ3v) is 3.78. The van der Waals surface area contributed by atoms with Gasteiger partial charge in [-0.25, -0.2) is 0 Å². The number of benzene rings is 2. The van der Waals surface area contributed by atoms with Crippen LogP contribution in [-0.2, 0) is 12.0 Å². The molecule has 0 amide bonds. The van der Waals surface area contributed by atoms with E-state index in [0.717, 1.165) is 24.9 Å². The molecule has 2 aromatic rings. The summed E-state index contributed by atoms with van der Waals surface area (Å²) in [6.45, 7) is 0.927. The Labute approximate surface area is 152 Å². The van der Waals surface area contributed by atoms with Crippen LogP contribution in [0.25, 0.3) is 0 Å². The molecule has 0 bridgehead atoms. The molecule has 0 saturated heterocycles. The van der Waals surface area contributed by atoms with Crippen LogP contribution in [0.15, 0.2) is 60.7 Å². The molecule has 2 aromatic carbocycles. The summed E-state index contributed by atoms with van der Waals surface area (Å²) in [5, 5.41) is 10.3. The fourth-order valence-electron chi connectivity index (χ4n) is 2.38. The number of hydrogen-bond acceptors (Lipinski definition) is 2. The van der Waals surface area contributed by atoms with Gasteiger partial charge in [0.05, 0.1) is 0 Å². The Morgan fingerprint density at radius 1 is 0.960 bits per heavy atom. The molecule has 130 valence electrons. The Balaban J connectivity index is 0.000000293. The lowest BCUT2D eigenvalue weighted by atomic mass is 9.90. The van der Waals surface area contributed by atoms with E-state index in [9.17, 15) is 5.11 Å². The van der Waals surface area contributed by atoms with E-state index in [1.54, 1.807) is 0 Å². The van der Waals surface area contributed by atoms with E-state index in [-0.39, 0.29) is 0 Å². The van der Waals surface area contributed by atoms with E-state index in [1.165, 1.54) is 5.56 Å². The predicted molar refractivity (Wildman–Crippen MR) is 106 cm³/mol. The average molecular weight is 333 g/mol. The fraction of sp³-hybridized carbons (Fsp3) is 0.304. The first kappa shape index (κ1) is 20.5. The van der Waals surface area contributed by atoms with Gasteiger partial charge in [-0.05, 0) is 44.6 Å². The second-order valence-corrected chi connectivity index (χ2v) is 6.14. The van der Waals surface area contributed by atoms with Crippen molar-refractivity contribution in [2.75, 3.05) is 20.6 Å². The van der Waals surface area contributed by atoms with Crippen LogP contribution in [0, 0.1) is 24.7 Å². The lowest BCUT2D eigenvalue weighted by Crippen LogP contribution is -2.25. The Hall–Kier alpha value is -2.52. The summed E-state index contributed by atoms with van der Waals surface area (Å²) in [5.41, 5.74) is 0.883. The van der Waals surface area contributed by atoms with E-state index in [1.807, 2.05) is 74.8 Å². The van der Waals surface area contributed by atoms with Gasteiger partial charge in [0, 0.05) is 6.42 Å². The number of rotatable bonds is 6. The van der Waals surface area contributed by atoms with Gasteiger partial charge in [-0.15, -0.1) is 18.8 Å². The lowest BCUT2D eigenvalue weighted by molar-refractivity contribution is 0.0854. The second kappa shape index (κ2) is 11.1. The molecule has 0 aliphatic heterocycles. The minimum Gasteiger partial charge on any atom is -0.373 e. The molecule has 1 N–H and O–H groups in total. The molecule has 0 aliphatic carbocycles. The predicted octanol–water partition coefficient (Wildman–Crippen LogP) is 3.71. The molecule has 0 aliphatic rings. The fourth-order valence-corrected chi connectivity index (χ4v) is 2.38. The van der Waals surface area contributed by atoms with Gasteiger partial charge in [0.1, 0.15) is 0 Å². The zero-order chi connectivity index (χ0) is 18.5. The Morgan fingerprint density at radius 2 is 1.52 bits per heavy atom. The van der Waals surface area contributed by atoms with Crippen molar-refractivity contribution in [3.8, 4) is 24.7 Å². The zero-order valence-corrected chi connectivity index (χ0v) is 15.2. The van der Waals surface area contributed by atoms with Crippen LogP contribution < -0.4 is 0 Å². The van der Waals surface area contributed by atoms with Crippen molar-refractivity contribution < 1.29 is 5.11 Å². The first-order valence-corrected chi connectivity index (χ1v) is 8.39. The monoisotopic (exact) mass is 333 g/mol. The molecule has 25 heavy (non-hydrogen) atoms. The van der Waals surface area contributed by atoms with E-state index in [0.29, 0.717) is 6.42 Å². The molecular weight excluding hydrogens is 306 g/mol. The summed E-state index contributed by atoms with van der Waals surface area (Å²) < 4.78 is 0. The quantitative estimate of drug-likeness (QED) is 0.815. The van der Waals surface area contributed by atoms with Crippen molar-refractivity contribution in [3.63, 3.8) is 0 Å². The van der Waals surface area contributed by atoms with Crippen LogP contribution in [0.2, 0.25) is 0 Å². The van der Waals surface area contributed by atoms with Crippen LogP contribution in [0.3, 0.4) is 0 Å². The van der Waals surface area contributed by atoms with Crippen molar-refractivity contribution in [2.45, 2.75) is 24.9 Å². The molecule has 2 nitrogen and oxygen atoms in total. The van der Waals surface area contributed by atoms with Crippen molar-refractivity contribution in [1.82, 2.24) is 4.90 Å². The van der Waals surface area contributed by atoms with Gasteiger partial charge < -0.3 is 10.0 Å². The number of aliphatic hydroxyl groups is 1. The maximum Gasteiger partial charge on any atom is 0.150 e. The van der Waals surface area contributed by atoms with Gasteiger partial charge in [-0.1, -0.05) is 66.6 Å². The molecule has 0 radical (unpaired) electrons. The minimum atomic E-state index is -1.13. The maximum atomic E-state index is 10.3. The van der Waals surface area contributed by atoms with Crippen molar-refractivity contribution in [2.24, 2.45) is 0 Å². The smallest absolute Gasteiger partial charge is 0.150 e. The highest BCUT2D eigenvalue weighted by molar-refractivity contribution is 5.30. The van der Waals surface area contributed by atoms with Gasteiger partial charge >= 0.3 is 0 Å². The molecule has 1 atom stereocenters.